The molecule has 2 aromatic heterocycles. The minimum Gasteiger partial charge on any atom is -0.397 e. The van der Waals surface area contributed by atoms with Gasteiger partial charge in [0.05, 0.1) is 17.2 Å². The number of aryl methyl sites for hydroxylation is 1. The highest BCUT2D eigenvalue weighted by atomic mass is 32.1. The van der Waals surface area contributed by atoms with Crippen LogP contribution in [-0.4, -0.2) is 16.6 Å². The van der Waals surface area contributed by atoms with E-state index in [4.69, 9.17) is 5.73 Å². The Kier molecular flexibility index (Phi) is 3.14. The number of aromatic nitrogens is 2. The first-order valence-electron chi connectivity index (χ1n) is 6.61. The summed E-state index contributed by atoms with van der Waals surface area (Å²) in [5.41, 5.74) is 7.99. The van der Waals surface area contributed by atoms with E-state index in [9.17, 15) is 5.26 Å². The highest BCUT2D eigenvalue weighted by Gasteiger charge is 2.32. The maximum absolute atomic E-state index is 9.19. The van der Waals surface area contributed by atoms with E-state index in [1.807, 2.05) is 24.9 Å². The van der Waals surface area contributed by atoms with Crippen LogP contribution in [0, 0.1) is 11.3 Å². The van der Waals surface area contributed by atoms with Crippen LogP contribution < -0.4 is 10.6 Å². The van der Waals surface area contributed by atoms with Crippen molar-refractivity contribution in [3.8, 4) is 6.07 Å². The molecule has 0 aliphatic heterocycles. The number of nitrogens with zero attached hydrogens (tertiary/aromatic N) is 4. The van der Waals surface area contributed by atoms with Gasteiger partial charge in [-0.05, 0) is 18.8 Å². The van der Waals surface area contributed by atoms with E-state index < -0.39 is 0 Å². The second kappa shape index (κ2) is 4.84. The molecule has 0 bridgehead atoms. The average molecular weight is 287 g/mol. The summed E-state index contributed by atoms with van der Waals surface area (Å²) in [6.45, 7) is 0.716. The van der Waals surface area contributed by atoms with Crippen LogP contribution in [0.15, 0.2) is 12.4 Å². The number of imidazole rings is 1. The van der Waals surface area contributed by atoms with Gasteiger partial charge in [0.25, 0.3) is 0 Å². The molecule has 2 aromatic rings. The predicted molar refractivity (Wildman–Crippen MR) is 80.7 cm³/mol. The van der Waals surface area contributed by atoms with Crippen LogP contribution in [0.1, 0.15) is 35.0 Å². The minimum atomic E-state index is 0.534. The van der Waals surface area contributed by atoms with Crippen LogP contribution >= 0.6 is 11.3 Å². The van der Waals surface area contributed by atoms with E-state index >= 15 is 0 Å². The van der Waals surface area contributed by atoms with Gasteiger partial charge in [-0.1, -0.05) is 0 Å². The Hall–Kier alpha value is -2.00. The average Bonchev–Trinajstić information content (AvgIpc) is 3.10. The van der Waals surface area contributed by atoms with E-state index in [-0.39, 0.29) is 0 Å². The molecule has 2 heterocycles. The highest BCUT2D eigenvalue weighted by Crippen LogP contribution is 2.51. The summed E-state index contributed by atoms with van der Waals surface area (Å²) in [7, 11) is 4.02. The molecule has 0 radical (unpaired) electrons. The molecule has 0 unspecified atom stereocenters. The Balaban J connectivity index is 1.93. The zero-order valence-corrected chi connectivity index (χ0v) is 12.4. The molecule has 2 N–H and O–H groups in total. The van der Waals surface area contributed by atoms with Gasteiger partial charge < -0.3 is 15.2 Å². The Labute approximate surface area is 122 Å². The normalized spacial score (nSPS) is 14.2. The molecule has 0 atom stereocenters. The fraction of sp³-hybridized carbons (Fsp3) is 0.429. The third-order valence-electron chi connectivity index (χ3n) is 3.70. The van der Waals surface area contributed by atoms with Crippen molar-refractivity contribution in [3.05, 3.63) is 28.7 Å². The summed E-state index contributed by atoms with van der Waals surface area (Å²) in [5, 5.41) is 10.3. The van der Waals surface area contributed by atoms with Gasteiger partial charge in [-0.3, -0.25) is 0 Å². The zero-order chi connectivity index (χ0) is 14.3. The van der Waals surface area contributed by atoms with Crippen molar-refractivity contribution in [1.29, 1.82) is 5.26 Å². The molecule has 104 valence electrons. The first-order chi connectivity index (χ1) is 9.61. The third-order valence-corrected chi connectivity index (χ3v) is 4.94. The predicted octanol–water partition coefficient (Wildman–Crippen LogP) is 2.45. The Bertz CT molecular complexity index is 674. The van der Waals surface area contributed by atoms with Gasteiger partial charge in [0, 0.05) is 32.1 Å². The number of nitriles is 1. The quantitative estimate of drug-likeness (QED) is 0.937. The van der Waals surface area contributed by atoms with Gasteiger partial charge in [0.2, 0.25) is 0 Å². The smallest absolute Gasteiger partial charge is 0.130 e. The van der Waals surface area contributed by atoms with Crippen LogP contribution in [0.2, 0.25) is 0 Å². The van der Waals surface area contributed by atoms with Gasteiger partial charge >= 0.3 is 0 Å². The fourth-order valence-corrected chi connectivity index (χ4v) is 3.48. The van der Waals surface area contributed by atoms with Crippen LogP contribution in [-0.2, 0) is 13.6 Å². The molecule has 5 nitrogen and oxygen atoms in total. The monoisotopic (exact) mass is 287 g/mol. The molecule has 3 rings (SSSR count). The molecule has 0 saturated heterocycles. The molecule has 0 amide bonds. The summed E-state index contributed by atoms with van der Waals surface area (Å²) in [6, 6.07) is 2.21. The van der Waals surface area contributed by atoms with E-state index in [2.05, 4.69) is 16.0 Å². The molecule has 1 fully saturated rings. The molecular weight excluding hydrogens is 270 g/mol. The molecule has 1 aliphatic rings. The van der Waals surface area contributed by atoms with E-state index in [1.54, 1.807) is 6.20 Å². The van der Waals surface area contributed by atoms with E-state index in [0.717, 1.165) is 10.8 Å². The van der Waals surface area contributed by atoms with Crippen LogP contribution in [0.25, 0.3) is 0 Å². The molecule has 1 aliphatic carbocycles. The Morgan fingerprint density at radius 2 is 2.35 bits per heavy atom. The molecule has 1 saturated carbocycles. The maximum Gasteiger partial charge on any atom is 0.130 e. The molecular formula is C14H17N5S. The molecule has 0 spiro atoms. The lowest BCUT2D eigenvalue weighted by Crippen LogP contribution is -2.19. The van der Waals surface area contributed by atoms with Crippen LogP contribution in [0.4, 0.5) is 10.7 Å². The second-order valence-electron chi connectivity index (χ2n) is 5.26. The van der Waals surface area contributed by atoms with E-state index in [0.29, 0.717) is 23.0 Å². The van der Waals surface area contributed by atoms with Gasteiger partial charge in [0.15, 0.2) is 0 Å². The number of hydrogen-bond donors (Lipinski definition) is 1. The largest absolute Gasteiger partial charge is 0.397 e. The Morgan fingerprint density at radius 3 is 2.90 bits per heavy atom. The van der Waals surface area contributed by atoms with Gasteiger partial charge in [-0.2, -0.15) is 5.26 Å². The summed E-state index contributed by atoms with van der Waals surface area (Å²) in [5.74, 6) is 1.53. The zero-order valence-electron chi connectivity index (χ0n) is 11.6. The number of rotatable bonds is 4. The lowest BCUT2D eigenvalue weighted by Gasteiger charge is -2.19. The Morgan fingerprint density at radius 1 is 1.60 bits per heavy atom. The number of nitrogens with two attached hydrogens (primary N) is 1. The highest BCUT2D eigenvalue weighted by molar-refractivity contribution is 7.17. The van der Waals surface area contributed by atoms with Crippen molar-refractivity contribution in [2.75, 3.05) is 17.7 Å². The molecule has 6 heteroatoms. The van der Waals surface area contributed by atoms with Crippen LogP contribution in [0.3, 0.4) is 0 Å². The van der Waals surface area contributed by atoms with Gasteiger partial charge in [0.1, 0.15) is 16.8 Å². The lowest BCUT2D eigenvalue weighted by atomic mass is 10.1. The number of nitrogen functional groups attached to an aromatic ring is 1. The fourth-order valence-electron chi connectivity index (χ4n) is 2.41. The molecule has 20 heavy (non-hydrogen) atoms. The van der Waals surface area contributed by atoms with Crippen molar-refractivity contribution in [2.45, 2.75) is 25.3 Å². The van der Waals surface area contributed by atoms with Crippen molar-refractivity contribution in [3.63, 3.8) is 0 Å². The SMILES string of the molecule is CN(Cc1nccn1C)c1sc(C#N)c(N)c1C1CC1. The van der Waals surface area contributed by atoms with Crippen molar-refractivity contribution in [2.24, 2.45) is 7.05 Å². The first-order valence-corrected chi connectivity index (χ1v) is 7.43. The maximum atomic E-state index is 9.19. The summed E-state index contributed by atoms with van der Waals surface area (Å²) in [4.78, 5) is 7.13. The number of hydrogen-bond acceptors (Lipinski definition) is 5. The molecule has 0 aromatic carbocycles. The minimum absolute atomic E-state index is 0.534. The third kappa shape index (κ3) is 2.14. The second-order valence-corrected chi connectivity index (χ2v) is 6.26. The topological polar surface area (TPSA) is 70.9 Å². The summed E-state index contributed by atoms with van der Waals surface area (Å²) >= 11 is 1.49. The van der Waals surface area contributed by atoms with Gasteiger partial charge in [-0.25, -0.2) is 4.98 Å². The van der Waals surface area contributed by atoms with Gasteiger partial charge in [-0.15, -0.1) is 11.3 Å². The summed E-state index contributed by atoms with van der Waals surface area (Å²) < 4.78 is 2.01. The first kappa shape index (κ1) is 13.0. The lowest BCUT2D eigenvalue weighted by molar-refractivity contribution is 0.763. The number of anilines is 2. The number of thiophene rings is 1. The van der Waals surface area contributed by atoms with Crippen molar-refractivity contribution < 1.29 is 0 Å². The van der Waals surface area contributed by atoms with Crippen LogP contribution in [0.5, 0.6) is 0 Å². The standard InChI is InChI=1S/C14H17N5S/c1-18-6-5-17-11(18)8-19(2)14-12(9-3-4-9)13(16)10(7-15)20-14/h5-6,9H,3-4,8,16H2,1-2H3. The van der Waals surface area contributed by atoms with E-state index in [1.165, 1.54) is 29.7 Å². The summed E-state index contributed by atoms with van der Waals surface area (Å²) in [6.07, 6.45) is 6.09. The van der Waals surface area contributed by atoms with Crippen molar-refractivity contribution in [1.82, 2.24) is 9.55 Å². The van der Waals surface area contributed by atoms with Crippen molar-refractivity contribution >= 4 is 22.0 Å².